The number of allylic oxidation sites excluding steroid dienone is 1. The van der Waals surface area contributed by atoms with E-state index in [1.54, 1.807) is 0 Å². The Morgan fingerprint density at radius 2 is 1.80 bits per heavy atom. The molecule has 0 aromatic carbocycles. The van der Waals surface area contributed by atoms with E-state index in [0.717, 1.165) is 6.42 Å². The van der Waals surface area contributed by atoms with Crippen molar-refractivity contribution in [3.05, 3.63) is 12.2 Å². The van der Waals surface area contributed by atoms with Crippen LogP contribution in [0.2, 0.25) is 0 Å². The first kappa shape index (κ1) is 17.2. The summed E-state index contributed by atoms with van der Waals surface area (Å²) in [6.07, 6.45) is 5.97. The lowest BCUT2D eigenvalue weighted by atomic mass is 9.57. The van der Waals surface area contributed by atoms with Crippen molar-refractivity contribution in [3.63, 3.8) is 0 Å². The van der Waals surface area contributed by atoms with Crippen molar-refractivity contribution in [1.82, 2.24) is 0 Å². The Bertz CT molecular complexity index is 373. The molecule has 0 radical (unpaired) electrons. The van der Waals surface area contributed by atoms with Crippen LogP contribution in [0.3, 0.4) is 0 Å². The second-order valence-corrected chi connectivity index (χ2v) is 8.44. The summed E-state index contributed by atoms with van der Waals surface area (Å²) in [5.41, 5.74) is 5.48. The zero-order chi connectivity index (χ0) is 15.8. The minimum absolute atomic E-state index is 0.0571. The van der Waals surface area contributed by atoms with Gasteiger partial charge in [-0.25, -0.2) is 0 Å². The second kappa shape index (κ2) is 5.51. The summed E-state index contributed by atoms with van der Waals surface area (Å²) in [7, 11) is 0. The zero-order valence-electron chi connectivity index (χ0n) is 13.9. The first-order valence-corrected chi connectivity index (χ1v) is 7.57. The first-order chi connectivity index (χ1) is 8.91. The van der Waals surface area contributed by atoms with Crippen LogP contribution >= 0.6 is 0 Å². The van der Waals surface area contributed by atoms with Crippen LogP contribution in [0.1, 0.15) is 60.8 Å². The molecule has 2 unspecified atom stereocenters. The minimum atomic E-state index is -0.819. The predicted octanol–water partition coefficient (Wildman–Crippen LogP) is 3.83. The van der Waals surface area contributed by atoms with Gasteiger partial charge in [-0.05, 0) is 36.0 Å². The topological polar surface area (TPSA) is 63.3 Å². The maximum Gasteiger partial charge on any atom is 0.311 e. The van der Waals surface area contributed by atoms with Crippen LogP contribution in [0.15, 0.2) is 12.2 Å². The van der Waals surface area contributed by atoms with Gasteiger partial charge >= 0.3 is 5.97 Å². The SMILES string of the molecule is CC(C)(C)C(CC1(C(=O)O)CCC=CC1N)C(C)(C)C. The Morgan fingerprint density at radius 1 is 1.30 bits per heavy atom. The Labute approximate surface area is 123 Å². The molecule has 0 heterocycles. The van der Waals surface area contributed by atoms with Gasteiger partial charge in [-0.2, -0.15) is 0 Å². The number of aliphatic carboxylic acids is 1. The van der Waals surface area contributed by atoms with E-state index in [2.05, 4.69) is 41.5 Å². The van der Waals surface area contributed by atoms with Crippen LogP contribution in [-0.4, -0.2) is 17.1 Å². The monoisotopic (exact) mass is 281 g/mol. The summed E-state index contributed by atoms with van der Waals surface area (Å²) in [4.78, 5) is 12.0. The molecule has 0 aliphatic heterocycles. The average molecular weight is 281 g/mol. The third-order valence-electron chi connectivity index (χ3n) is 4.82. The Hall–Kier alpha value is -0.830. The number of nitrogens with two attached hydrogens (primary N) is 1. The Kier molecular flexibility index (Phi) is 4.75. The molecule has 1 aliphatic rings. The number of hydrogen-bond acceptors (Lipinski definition) is 2. The molecule has 1 aliphatic carbocycles. The third kappa shape index (κ3) is 3.43. The number of hydrogen-bond donors (Lipinski definition) is 2. The van der Waals surface area contributed by atoms with E-state index in [9.17, 15) is 9.90 Å². The smallest absolute Gasteiger partial charge is 0.311 e. The highest BCUT2D eigenvalue weighted by Crippen LogP contribution is 2.49. The summed E-state index contributed by atoms with van der Waals surface area (Å²) in [6, 6.07) is -0.388. The van der Waals surface area contributed by atoms with Gasteiger partial charge in [0.1, 0.15) is 0 Å². The van der Waals surface area contributed by atoms with Gasteiger partial charge < -0.3 is 10.8 Å². The standard InChI is InChI=1S/C17H31NO2/c1-15(2,3)12(16(4,5)6)11-17(14(19)20)10-8-7-9-13(17)18/h7,9,12-13H,8,10-11,18H2,1-6H3,(H,19,20). The van der Waals surface area contributed by atoms with Crippen molar-refractivity contribution in [1.29, 1.82) is 0 Å². The van der Waals surface area contributed by atoms with Gasteiger partial charge in [0.05, 0.1) is 5.41 Å². The fourth-order valence-electron chi connectivity index (χ4n) is 3.79. The van der Waals surface area contributed by atoms with Gasteiger partial charge in [0.2, 0.25) is 0 Å². The third-order valence-corrected chi connectivity index (χ3v) is 4.82. The van der Waals surface area contributed by atoms with Crippen LogP contribution in [0.5, 0.6) is 0 Å². The molecule has 0 bridgehead atoms. The van der Waals surface area contributed by atoms with Crippen LogP contribution in [0.4, 0.5) is 0 Å². The average Bonchev–Trinajstić information content (AvgIpc) is 2.24. The van der Waals surface area contributed by atoms with E-state index in [1.165, 1.54) is 0 Å². The van der Waals surface area contributed by atoms with Gasteiger partial charge in [-0.3, -0.25) is 4.79 Å². The van der Waals surface area contributed by atoms with Crippen molar-refractivity contribution < 1.29 is 9.90 Å². The van der Waals surface area contributed by atoms with E-state index in [0.29, 0.717) is 18.8 Å². The first-order valence-electron chi connectivity index (χ1n) is 7.57. The van der Waals surface area contributed by atoms with E-state index in [-0.39, 0.29) is 16.9 Å². The lowest BCUT2D eigenvalue weighted by Gasteiger charge is -2.47. The molecule has 0 aromatic heterocycles. The lowest BCUT2D eigenvalue weighted by Crippen LogP contribution is -2.51. The molecular formula is C17H31NO2. The molecule has 3 nitrogen and oxygen atoms in total. The lowest BCUT2D eigenvalue weighted by molar-refractivity contribution is -0.153. The number of carboxylic acids is 1. The Morgan fingerprint density at radius 3 is 2.15 bits per heavy atom. The van der Waals surface area contributed by atoms with Gasteiger partial charge in [0.15, 0.2) is 0 Å². The maximum atomic E-state index is 12.0. The van der Waals surface area contributed by atoms with E-state index >= 15 is 0 Å². The zero-order valence-corrected chi connectivity index (χ0v) is 13.9. The number of carbonyl (C=O) groups is 1. The minimum Gasteiger partial charge on any atom is -0.481 e. The van der Waals surface area contributed by atoms with E-state index in [4.69, 9.17) is 5.73 Å². The van der Waals surface area contributed by atoms with Crippen LogP contribution in [0, 0.1) is 22.2 Å². The molecule has 3 heteroatoms. The van der Waals surface area contributed by atoms with Crippen LogP contribution < -0.4 is 5.73 Å². The quantitative estimate of drug-likeness (QED) is 0.773. The molecule has 0 amide bonds. The van der Waals surface area contributed by atoms with Crippen LogP contribution in [-0.2, 0) is 4.79 Å². The second-order valence-electron chi connectivity index (χ2n) is 8.44. The van der Waals surface area contributed by atoms with Crippen molar-refractivity contribution in [2.24, 2.45) is 27.9 Å². The highest BCUT2D eigenvalue weighted by molar-refractivity contribution is 5.76. The largest absolute Gasteiger partial charge is 0.481 e. The van der Waals surface area contributed by atoms with Crippen molar-refractivity contribution in [2.75, 3.05) is 0 Å². The van der Waals surface area contributed by atoms with Crippen molar-refractivity contribution in [2.45, 2.75) is 66.8 Å². The van der Waals surface area contributed by atoms with Gasteiger partial charge in [-0.15, -0.1) is 0 Å². The summed E-state index contributed by atoms with van der Waals surface area (Å²) in [6.45, 7) is 13.2. The highest BCUT2D eigenvalue weighted by atomic mass is 16.4. The summed E-state index contributed by atoms with van der Waals surface area (Å²) >= 11 is 0. The molecule has 0 fully saturated rings. The van der Waals surface area contributed by atoms with Crippen LogP contribution in [0.25, 0.3) is 0 Å². The Balaban J connectivity index is 3.18. The van der Waals surface area contributed by atoms with Gasteiger partial charge in [0.25, 0.3) is 0 Å². The number of carboxylic acid groups (broad SMARTS) is 1. The van der Waals surface area contributed by atoms with E-state index < -0.39 is 11.4 Å². The predicted molar refractivity (Wildman–Crippen MR) is 83.4 cm³/mol. The van der Waals surface area contributed by atoms with E-state index in [1.807, 2.05) is 12.2 Å². The molecule has 2 atom stereocenters. The van der Waals surface area contributed by atoms with Gasteiger partial charge in [-0.1, -0.05) is 53.7 Å². The molecule has 116 valence electrons. The van der Waals surface area contributed by atoms with Crippen molar-refractivity contribution in [3.8, 4) is 0 Å². The fraction of sp³-hybridized carbons (Fsp3) is 0.824. The highest BCUT2D eigenvalue weighted by Gasteiger charge is 2.49. The number of rotatable bonds is 3. The van der Waals surface area contributed by atoms with Gasteiger partial charge in [0, 0.05) is 6.04 Å². The summed E-state index contributed by atoms with van der Waals surface area (Å²) < 4.78 is 0. The molecule has 0 aromatic rings. The molecule has 3 N–H and O–H groups in total. The maximum absolute atomic E-state index is 12.0. The summed E-state index contributed by atoms with van der Waals surface area (Å²) in [5, 5.41) is 9.83. The molecule has 20 heavy (non-hydrogen) atoms. The molecule has 1 rings (SSSR count). The summed E-state index contributed by atoms with van der Waals surface area (Å²) in [5.74, 6) is -0.448. The molecular weight excluding hydrogens is 250 g/mol. The molecule has 0 saturated carbocycles. The van der Waals surface area contributed by atoms with Crippen molar-refractivity contribution >= 4 is 5.97 Å². The normalized spacial score (nSPS) is 27.9. The molecule has 0 saturated heterocycles. The fourth-order valence-corrected chi connectivity index (χ4v) is 3.79. The molecule has 0 spiro atoms.